The molecule has 0 saturated heterocycles. The Balaban J connectivity index is 3.63. The van der Waals surface area contributed by atoms with Crippen LogP contribution in [0.2, 0.25) is 0 Å². The maximum Gasteiger partial charge on any atom is 0.123 e. The Bertz CT molecular complexity index is 154. The fourth-order valence-electron chi connectivity index (χ4n) is 1.03. The number of carbonyl (C=O) groups is 1. The molecule has 0 aliphatic rings. The van der Waals surface area contributed by atoms with Crippen LogP contribution in [0.3, 0.4) is 0 Å². The number of allylic oxidation sites excluding steroid dienone is 2. The van der Waals surface area contributed by atoms with Crippen LogP contribution in [0.15, 0.2) is 11.6 Å². The van der Waals surface area contributed by atoms with Crippen molar-refractivity contribution in [2.75, 3.05) is 0 Å². The van der Waals surface area contributed by atoms with Crippen LogP contribution in [0.25, 0.3) is 0 Å². The molecule has 0 N–H and O–H groups in total. The largest absolute Gasteiger partial charge is 0.303 e. The zero-order valence-corrected chi connectivity index (χ0v) is 8.63. The lowest BCUT2D eigenvalue weighted by Gasteiger charge is -2.12. The summed E-state index contributed by atoms with van der Waals surface area (Å²) < 4.78 is 0. The lowest BCUT2D eigenvalue weighted by Crippen LogP contribution is -2.08. The van der Waals surface area contributed by atoms with Crippen molar-refractivity contribution in [2.45, 2.75) is 40.5 Å². The number of hydrogen-bond acceptors (Lipinski definition) is 1. The van der Waals surface area contributed by atoms with Crippen molar-refractivity contribution in [1.29, 1.82) is 0 Å². The van der Waals surface area contributed by atoms with Crippen LogP contribution in [-0.4, -0.2) is 6.29 Å². The van der Waals surface area contributed by atoms with E-state index in [0.717, 1.165) is 19.1 Å². The van der Waals surface area contributed by atoms with E-state index in [1.54, 1.807) is 0 Å². The van der Waals surface area contributed by atoms with Gasteiger partial charge in [0.25, 0.3) is 0 Å². The Morgan fingerprint density at radius 1 is 1.33 bits per heavy atom. The molecule has 0 aromatic heterocycles. The fourth-order valence-corrected chi connectivity index (χ4v) is 1.03. The predicted octanol–water partition coefficient (Wildman–Crippen LogP) is 3.20. The summed E-state index contributed by atoms with van der Waals surface area (Å²) in [7, 11) is 0. The van der Waals surface area contributed by atoms with Gasteiger partial charge in [0, 0.05) is 5.92 Å². The standard InChI is InChI=1S/C11H20O/c1-9(2)6-5-7-10(3)11(4)8-12/h6,8,10-11H,5,7H2,1-4H3/t10-,11?/m0/s1. The lowest BCUT2D eigenvalue weighted by molar-refractivity contribution is -0.111. The normalized spacial score (nSPS) is 15.0. The molecule has 0 saturated carbocycles. The van der Waals surface area contributed by atoms with E-state index < -0.39 is 0 Å². The molecule has 1 heteroatoms. The second kappa shape index (κ2) is 5.99. The SMILES string of the molecule is CC(C)=CCC[C@H](C)C(C)C=O. The van der Waals surface area contributed by atoms with Crippen LogP contribution in [0.1, 0.15) is 40.5 Å². The topological polar surface area (TPSA) is 17.1 Å². The van der Waals surface area contributed by atoms with Gasteiger partial charge in [-0.2, -0.15) is 0 Å². The third-order valence-electron chi connectivity index (χ3n) is 2.29. The number of aldehydes is 1. The molecule has 0 radical (unpaired) electrons. The van der Waals surface area contributed by atoms with Gasteiger partial charge >= 0.3 is 0 Å². The minimum atomic E-state index is 0.204. The monoisotopic (exact) mass is 168 g/mol. The molecule has 70 valence electrons. The summed E-state index contributed by atoms with van der Waals surface area (Å²) in [6.45, 7) is 8.33. The Labute approximate surface area is 75.9 Å². The highest BCUT2D eigenvalue weighted by Gasteiger charge is 2.09. The van der Waals surface area contributed by atoms with E-state index in [0.29, 0.717) is 5.92 Å². The smallest absolute Gasteiger partial charge is 0.123 e. The lowest BCUT2D eigenvalue weighted by atomic mass is 9.92. The highest BCUT2D eigenvalue weighted by atomic mass is 16.1. The minimum absolute atomic E-state index is 0.204. The third kappa shape index (κ3) is 5.11. The van der Waals surface area contributed by atoms with Gasteiger partial charge in [-0.3, -0.25) is 0 Å². The minimum Gasteiger partial charge on any atom is -0.303 e. The molecule has 0 aromatic carbocycles. The van der Waals surface area contributed by atoms with Gasteiger partial charge in [0.05, 0.1) is 0 Å². The molecule has 0 fully saturated rings. The summed E-state index contributed by atoms with van der Waals surface area (Å²) >= 11 is 0. The van der Waals surface area contributed by atoms with Crippen LogP contribution >= 0.6 is 0 Å². The zero-order chi connectivity index (χ0) is 9.56. The predicted molar refractivity (Wildman–Crippen MR) is 53.1 cm³/mol. The first kappa shape index (κ1) is 11.4. The Kier molecular flexibility index (Phi) is 5.69. The van der Waals surface area contributed by atoms with Gasteiger partial charge in [-0.25, -0.2) is 0 Å². The van der Waals surface area contributed by atoms with Crippen LogP contribution in [-0.2, 0) is 4.79 Å². The second-order valence-corrected chi connectivity index (χ2v) is 3.83. The molecular formula is C11H20O. The third-order valence-corrected chi connectivity index (χ3v) is 2.29. The van der Waals surface area contributed by atoms with Crippen molar-refractivity contribution in [3.05, 3.63) is 11.6 Å². The second-order valence-electron chi connectivity index (χ2n) is 3.83. The maximum absolute atomic E-state index is 10.4. The quantitative estimate of drug-likeness (QED) is 0.455. The van der Waals surface area contributed by atoms with E-state index in [-0.39, 0.29) is 5.92 Å². The van der Waals surface area contributed by atoms with Crippen molar-refractivity contribution in [1.82, 2.24) is 0 Å². The van der Waals surface area contributed by atoms with Gasteiger partial charge in [0.15, 0.2) is 0 Å². The summed E-state index contributed by atoms with van der Waals surface area (Å²) in [4.78, 5) is 10.4. The molecule has 0 aliphatic heterocycles. The summed E-state index contributed by atoms with van der Waals surface area (Å²) in [5.74, 6) is 0.716. The van der Waals surface area contributed by atoms with Gasteiger partial charge in [-0.15, -0.1) is 0 Å². The van der Waals surface area contributed by atoms with Crippen LogP contribution in [0.4, 0.5) is 0 Å². The highest BCUT2D eigenvalue weighted by molar-refractivity contribution is 5.53. The first-order chi connectivity index (χ1) is 5.57. The van der Waals surface area contributed by atoms with Gasteiger partial charge in [0.1, 0.15) is 6.29 Å². The van der Waals surface area contributed by atoms with Gasteiger partial charge in [-0.1, -0.05) is 25.5 Å². The van der Waals surface area contributed by atoms with E-state index in [1.807, 2.05) is 6.92 Å². The average molecular weight is 168 g/mol. The van der Waals surface area contributed by atoms with E-state index in [1.165, 1.54) is 5.57 Å². The first-order valence-corrected chi connectivity index (χ1v) is 4.66. The molecule has 0 bridgehead atoms. The Morgan fingerprint density at radius 2 is 1.92 bits per heavy atom. The van der Waals surface area contributed by atoms with Crippen LogP contribution < -0.4 is 0 Å². The molecule has 2 atom stereocenters. The van der Waals surface area contributed by atoms with Gasteiger partial charge < -0.3 is 4.79 Å². The molecule has 0 heterocycles. The van der Waals surface area contributed by atoms with Crippen molar-refractivity contribution < 1.29 is 4.79 Å². The zero-order valence-electron chi connectivity index (χ0n) is 8.63. The highest BCUT2D eigenvalue weighted by Crippen LogP contribution is 2.15. The van der Waals surface area contributed by atoms with E-state index in [2.05, 4.69) is 26.8 Å². The van der Waals surface area contributed by atoms with Crippen molar-refractivity contribution in [3.63, 3.8) is 0 Å². The molecular weight excluding hydrogens is 148 g/mol. The van der Waals surface area contributed by atoms with Crippen molar-refractivity contribution >= 4 is 6.29 Å². The molecule has 1 unspecified atom stereocenters. The molecule has 1 nitrogen and oxygen atoms in total. The maximum atomic E-state index is 10.4. The molecule has 0 spiro atoms. The molecule has 0 rings (SSSR count). The molecule has 12 heavy (non-hydrogen) atoms. The Morgan fingerprint density at radius 3 is 2.33 bits per heavy atom. The first-order valence-electron chi connectivity index (χ1n) is 4.66. The summed E-state index contributed by atoms with van der Waals surface area (Å²) in [6, 6.07) is 0. The van der Waals surface area contributed by atoms with Gasteiger partial charge in [0.2, 0.25) is 0 Å². The molecule has 0 aromatic rings. The van der Waals surface area contributed by atoms with E-state index in [9.17, 15) is 4.79 Å². The fraction of sp³-hybridized carbons (Fsp3) is 0.727. The van der Waals surface area contributed by atoms with Crippen LogP contribution in [0.5, 0.6) is 0 Å². The van der Waals surface area contributed by atoms with Crippen molar-refractivity contribution in [3.8, 4) is 0 Å². The Hall–Kier alpha value is -0.590. The number of carbonyl (C=O) groups excluding carboxylic acids is 1. The number of hydrogen-bond donors (Lipinski definition) is 0. The molecule has 0 aliphatic carbocycles. The molecule has 0 amide bonds. The van der Waals surface area contributed by atoms with Crippen molar-refractivity contribution in [2.24, 2.45) is 11.8 Å². The van der Waals surface area contributed by atoms with Crippen LogP contribution in [0, 0.1) is 11.8 Å². The van der Waals surface area contributed by atoms with E-state index >= 15 is 0 Å². The summed E-state index contributed by atoms with van der Waals surface area (Å²) in [6.07, 6.45) is 5.49. The van der Waals surface area contributed by atoms with E-state index in [4.69, 9.17) is 0 Å². The average Bonchev–Trinajstić information content (AvgIpc) is 2.02. The number of rotatable bonds is 5. The summed E-state index contributed by atoms with van der Waals surface area (Å²) in [5.41, 5.74) is 1.36. The summed E-state index contributed by atoms with van der Waals surface area (Å²) in [5, 5.41) is 0. The van der Waals surface area contributed by atoms with Gasteiger partial charge in [-0.05, 0) is 32.6 Å².